The summed E-state index contributed by atoms with van der Waals surface area (Å²) in [4.78, 5) is 14.8. The molecule has 1 atom stereocenters. The number of hydrogen-bond donors (Lipinski definition) is 0. The number of amides is 1. The second kappa shape index (κ2) is 5.68. The first kappa shape index (κ1) is 13.8. The Kier molecular flexibility index (Phi) is 3.73. The monoisotopic (exact) mass is 302 g/mol. The lowest BCUT2D eigenvalue weighted by atomic mass is 10.1. The molecule has 2 aromatic heterocycles. The van der Waals surface area contributed by atoms with E-state index in [1.165, 1.54) is 11.3 Å². The van der Waals surface area contributed by atoms with Gasteiger partial charge in [-0.05, 0) is 11.4 Å². The van der Waals surface area contributed by atoms with Crippen LogP contribution in [0.4, 0.5) is 0 Å². The fourth-order valence-electron chi connectivity index (χ4n) is 2.35. The second-order valence-corrected chi connectivity index (χ2v) is 5.75. The summed E-state index contributed by atoms with van der Waals surface area (Å²) in [5.74, 6) is -0.0984. The van der Waals surface area contributed by atoms with Gasteiger partial charge in [0.2, 0.25) is 0 Å². The number of carbonyl (C=O) groups is 1. The predicted octanol–water partition coefficient (Wildman–Crippen LogP) is 1.57. The van der Waals surface area contributed by atoms with Gasteiger partial charge < -0.3 is 9.64 Å². The number of aromatic nitrogens is 2. The van der Waals surface area contributed by atoms with Crippen LogP contribution in [0.25, 0.3) is 0 Å². The van der Waals surface area contributed by atoms with Crippen LogP contribution in [-0.2, 0) is 11.8 Å². The van der Waals surface area contributed by atoms with Gasteiger partial charge in [-0.1, -0.05) is 0 Å². The maximum absolute atomic E-state index is 12.5. The molecule has 1 aliphatic heterocycles. The van der Waals surface area contributed by atoms with Crippen molar-refractivity contribution in [2.24, 2.45) is 7.05 Å². The second-order valence-electron chi connectivity index (χ2n) is 4.83. The van der Waals surface area contributed by atoms with Crippen molar-refractivity contribution in [3.63, 3.8) is 0 Å². The van der Waals surface area contributed by atoms with Crippen molar-refractivity contribution in [3.8, 4) is 6.07 Å². The Bertz CT molecular complexity index is 700. The maximum atomic E-state index is 12.5. The molecule has 0 bridgehead atoms. The fourth-order valence-corrected chi connectivity index (χ4v) is 3.16. The third kappa shape index (κ3) is 2.68. The molecule has 0 saturated carbocycles. The molecule has 0 N–H and O–H groups in total. The molecule has 1 fully saturated rings. The first-order valence-electron chi connectivity index (χ1n) is 6.56. The van der Waals surface area contributed by atoms with Crippen molar-refractivity contribution in [2.75, 3.05) is 19.7 Å². The molecule has 0 aliphatic carbocycles. The summed E-state index contributed by atoms with van der Waals surface area (Å²) >= 11 is 1.31. The molecule has 2 aromatic rings. The normalized spacial score (nSPS) is 18.5. The summed E-state index contributed by atoms with van der Waals surface area (Å²) in [7, 11) is 1.85. The first-order valence-corrected chi connectivity index (χ1v) is 7.44. The van der Waals surface area contributed by atoms with Gasteiger partial charge >= 0.3 is 0 Å². The van der Waals surface area contributed by atoms with Gasteiger partial charge in [0.05, 0.1) is 24.9 Å². The number of ether oxygens (including phenoxy) is 1. The molecule has 1 aliphatic rings. The van der Waals surface area contributed by atoms with E-state index in [4.69, 9.17) is 10.00 Å². The van der Waals surface area contributed by atoms with Crippen LogP contribution in [0, 0.1) is 11.3 Å². The zero-order chi connectivity index (χ0) is 14.8. The van der Waals surface area contributed by atoms with Crippen LogP contribution in [0.5, 0.6) is 0 Å². The van der Waals surface area contributed by atoms with E-state index in [1.54, 1.807) is 27.2 Å². The summed E-state index contributed by atoms with van der Waals surface area (Å²) in [5.41, 5.74) is 1.40. The van der Waals surface area contributed by atoms with Gasteiger partial charge in [0.25, 0.3) is 5.91 Å². The lowest BCUT2D eigenvalue weighted by molar-refractivity contribution is -0.0227. The van der Waals surface area contributed by atoms with E-state index in [1.807, 2.05) is 13.2 Å². The Balaban J connectivity index is 1.77. The molecule has 21 heavy (non-hydrogen) atoms. The van der Waals surface area contributed by atoms with Gasteiger partial charge in [0.15, 0.2) is 0 Å². The Morgan fingerprint density at radius 2 is 2.48 bits per heavy atom. The molecule has 0 unspecified atom stereocenters. The van der Waals surface area contributed by atoms with Crippen molar-refractivity contribution >= 4 is 17.2 Å². The molecular formula is C14H14N4O2S. The smallest absolute Gasteiger partial charge is 0.265 e. The van der Waals surface area contributed by atoms with E-state index < -0.39 is 0 Å². The Hall–Kier alpha value is -2.17. The Morgan fingerprint density at radius 1 is 1.62 bits per heavy atom. The molecule has 0 spiro atoms. The highest BCUT2D eigenvalue weighted by Gasteiger charge is 2.28. The quantitative estimate of drug-likeness (QED) is 0.844. The van der Waals surface area contributed by atoms with Crippen LogP contribution in [-0.4, -0.2) is 40.3 Å². The molecule has 7 heteroatoms. The Morgan fingerprint density at radius 3 is 3.19 bits per heavy atom. The van der Waals surface area contributed by atoms with Crippen LogP contribution in [0.15, 0.2) is 23.8 Å². The highest BCUT2D eigenvalue weighted by Crippen LogP contribution is 2.25. The molecule has 0 radical (unpaired) electrons. The average Bonchev–Trinajstić information content (AvgIpc) is 3.15. The average molecular weight is 302 g/mol. The van der Waals surface area contributed by atoms with Gasteiger partial charge in [-0.2, -0.15) is 10.4 Å². The van der Waals surface area contributed by atoms with Crippen LogP contribution < -0.4 is 0 Å². The number of morpholine rings is 1. The van der Waals surface area contributed by atoms with Crippen LogP contribution in [0.1, 0.15) is 26.9 Å². The lowest BCUT2D eigenvalue weighted by Crippen LogP contribution is -2.42. The van der Waals surface area contributed by atoms with Crippen molar-refractivity contribution in [1.29, 1.82) is 5.26 Å². The molecule has 108 valence electrons. The molecule has 0 aromatic carbocycles. The number of nitrogens with zero attached hydrogens (tertiary/aromatic N) is 4. The summed E-state index contributed by atoms with van der Waals surface area (Å²) in [5, 5.41) is 14.9. The van der Waals surface area contributed by atoms with Crippen LogP contribution in [0.2, 0.25) is 0 Å². The SMILES string of the molecule is Cn1cc([C@H]2CN(C(=O)c3sccc3C#N)CCO2)cn1. The van der Waals surface area contributed by atoms with Gasteiger partial charge in [-0.15, -0.1) is 11.3 Å². The van der Waals surface area contributed by atoms with Gasteiger partial charge in [-0.3, -0.25) is 9.48 Å². The summed E-state index contributed by atoms with van der Waals surface area (Å²) in [6, 6.07) is 3.74. The van der Waals surface area contributed by atoms with Gasteiger partial charge in [0.1, 0.15) is 17.1 Å². The molecule has 6 nitrogen and oxygen atoms in total. The van der Waals surface area contributed by atoms with Gasteiger partial charge in [-0.25, -0.2) is 0 Å². The maximum Gasteiger partial charge on any atom is 0.265 e. The van der Waals surface area contributed by atoms with Crippen LogP contribution >= 0.6 is 11.3 Å². The standard InChI is InChI=1S/C14H14N4O2S/c1-17-8-11(7-16-17)12-9-18(3-4-20-12)14(19)13-10(6-15)2-5-21-13/h2,5,7-8,12H,3-4,9H2,1H3/t12-/m1/s1. The summed E-state index contributed by atoms with van der Waals surface area (Å²) in [6.07, 6.45) is 3.48. The minimum Gasteiger partial charge on any atom is -0.370 e. The summed E-state index contributed by atoms with van der Waals surface area (Å²) in [6.45, 7) is 1.50. The highest BCUT2D eigenvalue weighted by atomic mass is 32.1. The topological polar surface area (TPSA) is 71.2 Å². The fraction of sp³-hybridized carbons (Fsp3) is 0.357. The zero-order valence-corrected chi connectivity index (χ0v) is 12.3. The van der Waals surface area contributed by atoms with Gasteiger partial charge in [0, 0.05) is 25.4 Å². The van der Waals surface area contributed by atoms with E-state index in [9.17, 15) is 4.79 Å². The Labute approximate surface area is 126 Å². The third-order valence-corrected chi connectivity index (χ3v) is 4.33. The number of aryl methyl sites for hydroxylation is 1. The molecule has 1 amide bonds. The van der Waals surface area contributed by atoms with E-state index in [0.717, 1.165) is 5.56 Å². The molecular weight excluding hydrogens is 288 g/mol. The van der Waals surface area contributed by atoms with E-state index in [-0.39, 0.29) is 12.0 Å². The van der Waals surface area contributed by atoms with E-state index in [2.05, 4.69) is 11.2 Å². The largest absolute Gasteiger partial charge is 0.370 e. The van der Waals surface area contributed by atoms with E-state index >= 15 is 0 Å². The number of carbonyl (C=O) groups excluding carboxylic acids is 1. The van der Waals surface area contributed by atoms with E-state index in [0.29, 0.717) is 30.1 Å². The number of rotatable bonds is 2. The third-order valence-electron chi connectivity index (χ3n) is 3.43. The summed E-state index contributed by atoms with van der Waals surface area (Å²) < 4.78 is 7.44. The molecule has 3 rings (SSSR count). The number of nitriles is 1. The molecule has 1 saturated heterocycles. The van der Waals surface area contributed by atoms with Crippen LogP contribution in [0.3, 0.4) is 0 Å². The van der Waals surface area contributed by atoms with Crippen molar-refractivity contribution < 1.29 is 9.53 Å². The zero-order valence-electron chi connectivity index (χ0n) is 11.5. The highest BCUT2D eigenvalue weighted by molar-refractivity contribution is 7.12. The number of thiophene rings is 1. The lowest BCUT2D eigenvalue weighted by Gasteiger charge is -2.32. The minimum absolute atomic E-state index is 0.0984. The number of hydrogen-bond acceptors (Lipinski definition) is 5. The minimum atomic E-state index is -0.165. The predicted molar refractivity (Wildman–Crippen MR) is 76.8 cm³/mol. The molecule has 3 heterocycles. The first-order chi connectivity index (χ1) is 10.2. The van der Waals surface area contributed by atoms with Crippen molar-refractivity contribution in [2.45, 2.75) is 6.10 Å². The van der Waals surface area contributed by atoms with Crippen molar-refractivity contribution in [1.82, 2.24) is 14.7 Å². The van der Waals surface area contributed by atoms with Crippen molar-refractivity contribution in [3.05, 3.63) is 39.8 Å².